The lowest BCUT2D eigenvalue weighted by Crippen LogP contribution is -2.23. The Balaban J connectivity index is 2.58. The van der Waals surface area contributed by atoms with Crippen LogP contribution in [0.3, 0.4) is 0 Å². The van der Waals surface area contributed by atoms with E-state index in [9.17, 15) is 9.59 Å². The molecule has 6 nitrogen and oxygen atoms in total. The van der Waals surface area contributed by atoms with Crippen molar-refractivity contribution in [3.63, 3.8) is 0 Å². The average Bonchev–Trinajstić information content (AvgIpc) is 3.01. The lowest BCUT2D eigenvalue weighted by atomic mass is 9.93. The van der Waals surface area contributed by atoms with E-state index in [0.717, 1.165) is 17.5 Å². The number of Topliss-reactive ketones (excluding diaryl/α,β-unsaturated/α-hetero) is 1. The summed E-state index contributed by atoms with van der Waals surface area (Å²) >= 11 is 0. The van der Waals surface area contributed by atoms with Gasteiger partial charge in [-0.25, -0.2) is 9.18 Å². The maximum atomic E-state index is 15.1. The summed E-state index contributed by atoms with van der Waals surface area (Å²) in [4.78, 5) is 25.5. The number of carbonyl (C=O) groups is 1. The smallest absolute Gasteiger partial charge is 0.350 e. The predicted octanol–water partition coefficient (Wildman–Crippen LogP) is 4.62. The van der Waals surface area contributed by atoms with Gasteiger partial charge >= 0.3 is 5.69 Å². The zero-order valence-corrected chi connectivity index (χ0v) is 18.6. The minimum absolute atomic E-state index is 0.0322. The first-order valence-corrected chi connectivity index (χ1v) is 10.6. The Hall–Kier alpha value is -2.70. The van der Waals surface area contributed by atoms with Gasteiger partial charge in [0.2, 0.25) is 0 Å². The Labute approximate surface area is 177 Å². The number of halogens is 1. The third-order valence-corrected chi connectivity index (χ3v) is 5.42. The van der Waals surface area contributed by atoms with Crippen LogP contribution >= 0.6 is 0 Å². The third-order valence-electron chi connectivity index (χ3n) is 5.42. The molecule has 0 fully saturated rings. The molecular weight excluding hydrogens is 385 g/mol. The van der Waals surface area contributed by atoms with E-state index in [1.165, 1.54) is 16.7 Å². The van der Waals surface area contributed by atoms with Crippen LogP contribution in [0.5, 0.6) is 5.75 Å². The molecule has 7 heteroatoms. The third kappa shape index (κ3) is 5.07. The minimum Gasteiger partial charge on any atom is -0.490 e. The second kappa shape index (κ2) is 10.4. The fourth-order valence-electron chi connectivity index (χ4n) is 3.41. The van der Waals surface area contributed by atoms with Gasteiger partial charge in [-0.2, -0.15) is 4.68 Å². The van der Waals surface area contributed by atoms with Crippen LogP contribution in [0.25, 0.3) is 5.69 Å². The number of carbonyl (C=O) groups excluding carboxylic acids is 1. The predicted molar refractivity (Wildman–Crippen MR) is 116 cm³/mol. The summed E-state index contributed by atoms with van der Waals surface area (Å²) in [5, 5.41) is 4.24. The molecule has 30 heavy (non-hydrogen) atoms. The first-order valence-electron chi connectivity index (χ1n) is 10.6. The van der Waals surface area contributed by atoms with Gasteiger partial charge in [-0.05, 0) is 18.9 Å². The van der Waals surface area contributed by atoms with Crippen molar-refractivity contribution in [2.75, 3.05) is 0 Å². The largest absolute Gasteiger partial charge is 0.490 e. The van der Waals surface area contributed by atoms with E-state index in [-0.39, 0.29) is 34.8 Å². The lowest BCUT2D eigenvalue weighted by molar-refractivity contribution is 0.0951. The second-order valence-electron chi connectivity index (χ2n) is 7.59. The fourth-order valence-corrected chi connectivity index (χ4v) is 3.41. The topological polar surface area (TPSA) is 66.1 Å². The summed E-state index contributed by atoms with van der Waals surface area (Å²) in [6.45, 7) is 11.5. The van der Waals surface area contributed by atoms with Gasteiger partial charge in [0, 0.05) is 32.4 Å². The summed E-state index contributed by atoms with van der Waals surface area (Å²) < 4.78 is 23.4. The van der Waals surface area contributed by atoms with E-state index in [0.29, 0.717) is 25.1 Å². The highest BCUT2D eigenvalue weighted by Crippen LogP contribution is 2.29. The van der Waals surface area contributed by atoms with E-state index < -0.39 is 11.5 Å². The molecular formula is C23H32FN3O3. The molecule has 2 rings (SSSR count). The normalized spacial score (nSPS) is 12.2. The van der Waals surface area contributed by atoms with Crippen molar-refractivity contribution in [2.45, 2.75) is 65.9 Å². The van der Waals surface area contributed by atoms with E-state index in [4.69, 9.17) is 4.74 Å². The van der Waals surface area contributed by atoms with Crippen LogP contribution in [-0.2, 0) is 13.5 Å². The van der Waals surface area contributed by atoms with Crippen LogP contribution < -0.4 is 10.4 Å². The zero-order chi connectivity index (χ0) is 22.4. The number of aromatic nitrogens is 3. The minimum atomic E-state index is -0.686. The van der Waals surface area contributed by atoms with E-state index in [1.54, 1.807) is 13.1 Å². The van der Waals surface area contributed by atoms with Gasteiger partial charge in [-0.1, -0.05) is 39.7 Å². The molecule has 164 valence electrons. The number of aryl methyl sites for hydroxylation is 1. The maximum absolute atomic E-state index is 15.1. The van der Waals surface area contributed by atoms with Crippen molar-refractivity contribution >= 4 is 5.78 Å². The summed E-state index contributed by atoms with van der Waals surface area (Å²) in [7, 11) is 1.60. The standard InChI is InChI=1S/C23H32FN3O3/c1-7-11-15(5)30-21-14-19(27-23(29)26(6)22(10-4)25-27)18(24)13-17(21)20(28)12-16(8-2)9-3/h7,13-16H,1,8-12H2,2-6H3. The molecule has 0 N–H and O–H groups in total. The molecule has 1 heterocycles. The van der Waals surface area contributed by atoms with E-state index in [2.05, 4.69) is 11.7 Å². The molecule has 0 saturated heterocycles. The van der Waals surface area contributed by atoms with Crippen molar-refractivity contribution in [1.82, 2.24) is 14.3 Å². The number of ketones is 1. The molecule has 1 atom stereocenters. The van der Waals surface area contributed by atoms with Crippen LogP contribution in [-0.4, -0.2) is 26.2 Å². The molecule has 1 aromatic carbocycles. The fraction of sp³-hybridized carbons (Fsp3) is 0.522. The summed E-state index contributed by atoms with van der Waals surface area (Å²) in [5.41, 5.74) is -0.291. The van der Waals surface area contributed by atoms with Crippen LogP contribution in [0.15, 0.2) is 29.6 Å². The van der Waals surface area contributed by atoms with Crippen LogP contribution in [0.1, 0.15) is 69.6 Å². The molecule has 0 radical (unpaired) electrons. The SMILES string of the molecule is C=CCC(C)Oc1cc(-n2nc(CC)n(C)c2=O)c(F)cc1C(=O)CC(CC)CC. The quantitative estimate of drug-likeness (QED) is 0.395. The van der Waals surface area contributed by atoms with Crippen molar-refractivity contribution in [2.24, 2.45) is 13.0 Å². The van der Waals surface area contributed by atoms with Crippen molar-refractivity contribution < 1.29 is 13.9 Å². The first kappa shape index (κ1) is 23.6. The summed E-state index contributed by atoms with van der Waals surface area (Å²) in [6, 6.07) is 2.58. The second-order valence-corrected chi connectivity index (χ2v) is 7.59. The Morgan fingerprint density at radius 3 is 2.50 bits per heavy atom. The number of nitrogens with zero attached hydrogens (tertiary/aromatic N) is 3. The summed E-state index contributed by atoms with van der Waals surface area (Å²) in [5.74, 6) is 0.166. The molecule has 0 aliphatic heterocycles. The van der Waals surface area contributed by atoms with Crippen molar-refractivity contribution in [1.29, 1.82) is 0 Å². The van der Waals surface area contributed by atoms with Gasteiger partial charge in [-0.15, -0.1) is 11.7 Å². The molecule has 0 spiro atoms. The molecule has 0 amide bonds. The lowest BCUT2D eigenvalue weighted by Gasteiger charge is -2.19. The van der Waals surface area contributed by atoms with Gasteiger partial charge in [0.1, 0.15) is 23.1 Å². The Morgan fingerprint density at radius 1 is 1.30 bits per heavy atom. The van der Waals surface area contributed by atoms with Gasteiger partial charge in [0.05, 0.1) is 11.7 Å². The average molecular weight is 418 g/mol. The van der Waals surface area contributed by atoms with E-state index in [1.807, 2.05) is 27.7 Å². The number of hydrogen-bond donors (Lipinski definition) is 0. The highest BCUT2D eigenvalue weighted by atomic mass is 19.1. The molecule has 1 aromatic heterocycles. The van der Waals surface area contributed by atoms with Gasteiger partial charge < -0.3 is 4.74 Å². The Kier molecular flexibility index (Phi) is 8.15. The monoisotopic (exact) mass is 417 g/mol. The van der Waals surface area contributed by atoms with Gasteiger partial charge in [0.25, 0.3) is 0 Å². The summed E-state index contributed by atoms with van der Waals surface area (Å²) in [6.07, 6.45) is 4.62. The molecule has 2 aromatic rings. The number of benzene rings is 1. The number of hydrogen-bond acceptors (Lipinski definition) is 4. The molecule has 0 bridgehead atoms. The molecule has 0 aliphatic carbocycles. The van der Waals surface area contributed by atoms with Crippen molar-refractivity contribution in [3.8, 4) is 11.4 Å². The molecule has 0 saturated carbocycles. The van der Waals surface area contributed by atoms with Crippen LogP contribution in [0.2, 0.25) is 0 Å². The maximum Gasteiger partial charge on any atom is 0.350 e. The van der Waals surface area contributed by atoms with Crippen LogP contribution in [0.4, 0.5) is 4.39 Å². The first-order chi connectivity index (χ1) is 14.3. The van der Waals surface area contributed by atoms with Crippen LogP contribution in [0, 0.1) is 11.7 Å². The van der Waals surface area contributed by atoms with Gasteiger partial charge in [-0.3, -0.25) is 9.36 Å². The number of ether oxygens (including phenoxy) is 1. The molecule has 0 aliphatic rings. The number of rotatable bonds is 11. The highest BCUT2D eigenvalue weighted by molar-refractivity contribution is 5.99. The zero-order valence-electron chi connectivity index (χ0n) is 18.6. The van der Waals surface area contributed by atoms with E-state index >= 15 is 4.39 Å². The highest BCUT2D eigenvalue weighted by Gasteiger charge is 2.23. The Bertz CT molecular complexity index is 957. The Morgan fingerprint density at radius 2 is 1.97 bits per heavy atom. The van der Waals surface area contributed by atoms with Gasteiger partial charge in [0.15, 0.2) is 5.78 Å². The van der Waals surface area contributed by atoms with Crippen molar-refractivity contribution in [3.05, 3.63) is 52.5 Å². The molecule has 1 unspecified atom stereocenters.